The van der Waals surface area contributed by atoms with Crippen molar-refractivity contribution in [1.82, 2.24) is 0 Å². The Morgan fingerprint density at radius 2 is 1.50 bits per heavy atom. The zero-order valence-electron chi connectivity index (χ0n) is 8.71. The normalized spacial score (nSPS) is 6.62. The van der Waals surface area contributed by atoms with Crippen molar-refractivity contribution in [3.05, 3.63) is 55.1 Å². The molecule has 0 bridgehead atoms. The number of aliphatic carboxylic acids is 1. The highest BCUT2D eigenvalue weighted by Gasteiger charge is 1.75. The van der Waals surface area contributed by atoms with Crippen LogP contribution in [0.3, 0.4) is 0 Å². The summed E-state index contributed by atoms with van der Waals surface area (Å²) in [6.07, 6.45) is 2.67. The molecule has 0 spiro atoms. The molecule has 1 rings (SSSR count). The Balaban J connectivity index is -0.000000187. The number of rotatable bonds is 2. The van der Waals surface area contributed by atoms with Crippen molar-refractivity contribution < 1.29 is 20.4 Å². The van der Waals surface area contributed by atoms with Crippen molar-refractivity contribution in [2.75, 3.05) is 0 Å². The molecule has 90 valence electrons. The van der Waals surface area contributed by atoms with E-state index in [4.69, 9.17) is 15.6 Å². The van der Waals surface area contributed by atoms with Crippen LogP contribution >= 0.6 is 13.5 Å². The summed E-state index contributed by atoms with van der Waals surface area (Å²) in [7, 11) is 0. The van der Waals surface area contributed by atoms with Gasteiger partial charge in [-0.25, -0.2) is 4.79 Å². The van der Waals surface area contributed by atoms with Gasteiger partial charge in [0.2, 0.25) is 0 Å². The van der Waals surface area contributed by atoms with Crippen LogP contribution in [-0.4, -0.2) is 21.6 Å². The van der Waals surface area contributed by atoms with Crippen molar-refractivity contribution in [2.45, 2.75) is 0 Å². The van der Waals surface area contributed by atoms with E-state index in [2.05, 4.69) is 13.2 Å². The fourth-order valence-corrected chi connectivity index (χ4v) is 0.589. The third-order valence-corrected chi connectivity index (χ3v) is 1.21. The summed E-state index contributed by atoms with van der Waals surface area (Å²) in [6.45, 7) is 6.59. The predicted octanol–water partition coefficient (Wildman–Crippen LogP) is 2.72. The molecule has 0 radical (unpaired) electrons. The van der Waals surface area contributed by atoms with Crippen LogP contribution in [0.2, 0.25) is 0 Å². The Morgan fingerprint density at radius 3 is 1.69 bits per heavy atom. The number of carboxylic acid groups (broad SMARTS) is 1. The zero-order valence-corrected chi connectivity index (χ0v) is 9.71. The van der Waals surface area contributed by atoms with Crippen molar-refractivity contribution in [2.24, 2.45) is 0 Å². The van der Waals surface area contributed by atoms with Crippen molar-refractivity contribution in [3.63, 3.8) is 0 Å². The molecule has 0 aliphatic rings. The highest BCUT2D eigenvalue weighted by Crippen LogP contribution is 1.97. The van der Waals surface area contributed by atoms with E-state index in [9.17, 15) is 4.79 Å². The largest absolute Gasteiger partial charge is 0.478 e. The molecular formula is C11H16O4S. The molecule has 0 aliphatic heterocycles. The summed E-state index contributed by atoms with van der Waals surface area (Å²) in [5.74, 6) is -0.981. The molecular weight excluding hydrogens is 228 g/mol. The molecule has 16 heavy (non-hydrogen) atoms. The summed E-state index contributed by atoms with van der Waals surface area (Å²) in [4.78, 5) is 9.25. The minimum Gasteiger partial charge on any atom is -0.478 e. The lowest BCUT2D eigenvalue weighted by molar-refractivity contribution is -0.176. The second kappa shape index (κ2) is 15.9. The zero-order chi connectivity index (χ0) is 12.1. The lowest BCUT2D eigenvalue weighted by Gasteiger charge is -1.85. The SMILES string of the molecule is C=CC(=O)O.C=Cc1ccccc1.OO.S. The molecule has 0 aromatic heterocycles. The number of benzene rings is 1. The van der Waals surface area contributed by atoms with E-state index >= 15 is 0 Å². The molecule has 0 unspecified atom stereocenters. The molecule has 0 aliphatic carbocycles. The first kappa shape index (κ1) is 19.9. The number of hydrogen-bond acceptors (Lipinski definition) is 3. The average Bonchev–Trinajstić information content (AvgIpc) is 2.33. The van der Waals surface area contributed by atoms with Crippen LogP contribution in [0.15, 0.2) is 49.6 Å². The van der Waals surface area contributed by atoms with Gasteiger partial charge in [-0.05, 0) is 5.56 Å². The van der Waals surface area contributed by atoms with Gasteiger partial charge in [0.15, 0.2) is 0 Å². The Kier molecular flexibility index (Phi) is 19.8. The quantitative estimate of drug-likeness (QED) is 0.424. The molecule has 0 saturated heterocycles. The van der Waals surface area contributed by atoms with Crippen LogP contribution in [0.1, 0.15) is 5.56 Å². The first-order valence-corrected chi connectivity index (χ1v) is 3.93. The Bertz CT molecular complexity index is 285. The van der Waals surface area contributed by atoms with E-state index in [0.717, 1.165) is 6.08 Å². The van der Waals surface area contributed by atoms with Crippen LogP contribution < -0.4 is 0 Å². The van der Waals surface area contributed by atoms with E-state index in [1.807, 2.05) is 36.4 Å². The maximum Gasteiger partial charge on any atom is 0.327 e. The van der Waals surface area contributed by atoms with Gasteiger partial charge >= 0.3 is 5.97 Å². The molecule has 0 fully saturated rings. The Morgan fingerprint density at radius 1 is 1.12 bits per heavy atom. The second-order valence-electron chi connectivity index (χ2n) is 2.16. The highest BCUT2D eigenvalue weighted by atomic mass is 32.1. The lowest BCUT2D eigenvalue weighted by Crippen LogP contribution is -1.82. The summed E-state index contributed by atoms with van der Waals surface area (Å²) in [5, 5.41) is 19.6. The summed E-state index contributed by atoms with van der Waals surface area (Å²) in [5.41, 5.74) is 1.17. The van der Waals surface area contributed by atoms with E-state index in [1.165, 1.54) is 5.56 Å². The van der Waals surface area contributed by atoms with Crippen molar-refractivity contribution >= 4 is 25.5 Å². The molecule has 4 nitrogen and oxygen atoms in total. The van der Waals surface area contributed by atoms with Gasteiger partial charge in [-0.1, -0.05) is 49.6 Å². The Hall–Kier alpha value is -1.56. The molecule has 5 heteroatoms. The minimum atomic E-state index is -0.981. The monoisotopic (exact) mass is 244 g/mol. The third kappa shape index (κ3) is 14.9. The maximum absolute atomic E-state index is 9.25. The highest BCUT2D eigenvalue weighted by molar-refractivity contribution is 7.59. The van der Waals surface area contributed by atoms with Crippen LogP contribution in [0, 0.1) is 0 Å². The average molecular weight is 244 g/mol. The first-order chi connectivity index (χ1) is 7.20. The van der Waals surface area contributed by atoms with Gasteiger partial charge in [-0.3, -0.25) is 10.5 Å². The van der Waals surface area contributed by atoms with Crippen LogP contribution in [-0.2, 0) is 4.79 Å². The summed E-state index contributed by atoms with van der Waals surface area (Å²) >= 11 is 0. The molecule has 0 amide bonds. The standard InChI is InChI=1S/C8H8.C3H4O2.H2O2.H2S/c1-2-8-6-4-3-5-7-8;1-2-3(4)5;1-2;/h2-7H,1H2;2H,1H2,(H,4,5);1-2H;1H2. The van der Waals surface area contributed by atoms with Crippen LogP contribution in [0.5, 0.6) is 0 Å². The summed E-state index contributed by atoms with van der Waals surface area (Å²) < 4.78 is 0. The van der Waals surface area contributed by atoms with Crippen molar-refractivity contribution in [1.29, 1.82) is 0 Å². The van der Waals surface area contributed by atoms with E-state index < -0.39 is 5.97 Å². The number of hydrogen-bond donors (Lipinski definition) is 3. The topological polar surface area (TPSA) is 77.8 Å². The van der Waals surface area contributed by atoms with Gasteiger partial charge in [0.25, 0.3) is 0 Å². The Labute approximate surface area is 102 Å². The van der Waals surface area contributed by atoms with Gasteiger partial charge in [-0.2, -0.15) is 13.5 Å². The van der Waals surface area contributed by atoms with Gasteiger partial charge in [-0.15, -0.1) is 0 Å². The smallest absolute Gasteiger partial charge is 0.327 e. The first-order valence-electron chi connectivity index (χ1n) is 3.93. The molecule has 1 aromatic carbocycles. The van der Waals surface area contributed by atoms with Crippen LogP contribution in [0.25, 0.3) is 6.08 Å². The van der Waals surface area contributed by atoms with Gasteiger partial charge in [0.1, 0.15) is 0 Å². The fourth-order valence-electron chi connectivity index (χ4n) is 0.589. The van der Waals surface area contributed by atoms with E-state index in [1.54, 1.807) is 0 Å². The van der Waals surface area contributed by atoms with Gasteiger partial charge in [0.05, 0.1) is 0 Å². The van der Waals surface area contributed by atoms with Gasteiger partial charge < -0.3 is 5.11 Å². The van der Waals surface area contributed by atoms with E-state index in [-0.39, 0.29) is 13.5 Å². The molecule has 0 heterocycles. The fraction of sp³-hybridized carbons (Fsp3) is 0. The summed E-state index contributed by atoms with van der Waals surface area (Å²) in [6, 6.07) is 10.0. The number of carbonyl (C=O) groups is 1. The maximum atomic E-state index is 9.25. The number of carboxylic acids is 1. The van der Waals surface area contributed by atoms with Crippen LogP contribution in [0.4, 0.5) is 0 Å². The molecule has 1 aromatic rings. The molecule has 3 N–H and O–H groups in total. The minimum absolute atomic E-state index is 0. The van der Waals surface area contributed by atoms with Gasteiger partial charge in [0, 0.05) is 6.08 Å². The molecule has 0 atom stereocenters. The second-order valence-corrected chi connectivity index (χ2v) is 2.16. The molecule has 0 saturated carbocycles. The lowest BCUT2D eigenvalue weighted by atomic mass is 10.2. The van der Waals surface area contributed by atoms with Crippen molar-refractivity contribution in [3.8, 4) is 0 Å². The third-order valence-electron chi connectivity index (χ3n) is 1.21. The predicted molar refractivity (Wildman–Crippen MR) is 70.0 cm³/mol. The van der Waals surface area contributed by atoms with E-state index in [0.29, 0.717) is 0 Å².